The molecule has 0 spiro atoms. The third-order valence-corrected chi connectivity index (χ3v) is 5.11. The van der Waals surface area contributed by atoms with Crippen LogP contribution in [-0.4, -0.2) is 38.1 Å². The summed E-state index contributed by atoms with van der Waals surface area (Å²) in [6.45, 7) is 3.50. The summed E-state index contributed by atoms with van der Waals surface area (Å²) in [5, 5.41) is 14.1. The van der Waals surface area contributed by atoms with Crippen molar-refractivity contribution < 1.29 is 19.2 Å². The Morgan fingerprint density at radius 2 is 1.72 bits per heavy atom. The minimum Gasteiger partial charge on any atom is -0.493 e. The molecule has 8 heteroatoms. The first kappa shape index (κ1) is 20.4. The topological polar surface area (TPSA) is 93.9 Å². The minimum atomic E-state index is -0.488. The Balaban J connectivity index is 1.97. The van der Waals surface area contributed by atoms with E-state index in [-0.39, 0.29) is 11.3 Å². The lowest BCUT2D eigenvalue weighted by Gasteiger charge is -2.30. The minimum absolute atomic E-state index is 0.111. The van der Waals surface area contributed by atoms with Gasteiger partial charge < -0.3 is 19.7 Å². The number of carbonyl (C=O) groups excluding carboxylic acids is 1. The summed E-state index contributed by atoms with van der Waals surface area (Å²) in [5.74, 6) is 0.653. The Bertz CT molecular complexity index is 923. The smallest absolute Gasteiger partial charge is 0.270 e. The van der Waals surface area contributed by atoms with Gasteiger partial charge in [0.2, 0.25) is 0 Å². The Labute approximate surface area is 169 Å². The number of nitro benzene ring substituents is 1. The van der Waals surface area contributed by atoms with Gasteiger partial charge in [0, 0.05) is 37.0 Å². The number of anilines is 2. The van der Waals surface area contributed by atoms with Crippen molar-refractivity contribution in [1.82, 2.24) is 0 Å². The number of amides is 1. The van der Waals surface area contributed by atoms with Crippen LogP contribution in [0, 0.1) is 17.0 Å². The fraction of sp³-hybridized carbons (Fsp3) is 0.381. The number of nitrogens with zero attached hydrogens (tertiary/aromatic N) is 2. The maximum absolute atomic E-state index is 13.1. The summed E-state index contributed by atoms with van der Waals surface area (Å²) in [6.07, 6.45) is 3.22. The largest absolute Gasteiger partial charge is 0.493 e. The van der Waals surface area contributed by atoms with Crippen LogP contribution in [0.5, 0.6) is 11.5 Å². The van der Waals surface area contributed by atoms with Crippen LogP contribution in [0.15, 0.2) is 30.3 Å². The molecule has 0 bridgehead atoms. The zero-order valence-corrected chi connectivity index (χ0v) is 16.9. The van der Waals surface area contributed by atoms with Gasteiger partial charge >= 0.3 is 0 Å². The highest BCUT2D eigenvalue weighted by Crippen LogP contribution is 2.34. The molecule has 1 amide bonds. The van der Waals surface area contributed by atoms with E-state index in [9.17, 15) is 14.9 Å². The number of non-ortho nitro benzene ring substituents is 1. The van der Waals surface area contributed by atoms with Crippen molar-refractivity contribution in [3.05, 3.63) is 51.6 Å². The molecule has 0 aliphatic carbocycles. The third-order valence-electron chi connectivity index (χ3n) is 5.11. The lowest BCUT2D eigenvalue weighted by Crippen LogP contribution is -2.31. The number of piperidine rings is 1. The van der Waals surface area contributed by atoms with Gasteiger partial charge in [-0.05, 0) is 43.9 Å². The highest BCUT2D eigenvalue weighted by molar-refractivity contribution is 6.09. The Morgan fingerprint density at radius 1 is 1.07 bits per heavy atom. The molecule has 2 aromatic rings. The zero-order valence-electron chi connectivity index (χ0n) is 16.9. The normalized spacial score (nSPS) is 13.7. The Kier molecular flexibility index (Phi) is 6.21. The van der Waals surface area contributed by atoms with Gasteiger partial charge in [-0.3, -0.25) is 14.9 Å². The summed E-state index contributed by atoms with van der Waals surface area (Å²) < 4.78 is 10.6. The second kappa shape index (κ2) is 8.81. The second-order valence-corrected chi connectivity index (χ2v) is 6.98. The fourth-order valence-electron chi connectivity index (χ4n) is 3.53. The molecule has 0 radical (unpaired) electrons. The van der Waals surface area contributed by atoms with Gasteiger partial charge in [-0.2, -0.15) is 0 Å². The van der Waals surface area contributed by atoms with Crippen LogP contribution in [0.1, 0.15) is 35.2 Å². The molecule has 2 aromatic carbocycles. The van der Waals surface area contributed by atoms with E-state index >= 15 is 0 Å². The molecule has 154 valence electrons. The van der Waals surface area contributed by atoms with E-state index in [1.54, 1.807) is 25.3 Å². The van der Waals surface area contributed by atoms with E-state index in [4.69, 9.17) is 9.47 Å². The van der Waals surface area contributed by atoms with Gasteiger partial charge in [0.05, 0.1) is 30.4 Å². The SMILES string of the molecule is COc1cc(C)c(NC(=O)c2cc([N+](=O)[O-])ccc2N2CCCCC2)cc1OC. The number of hydrogen-bond donors (Lipinski definition) is 1. The molecule has 1 N–H and O–H groups in total. The Morgan fingerprint density at radius 3 is 2.34 bits per heavy atom. The van der Waals surface area contributed by atoms with Crippen LogP contribution in [-0.2, 0) is 0 Å². The van der Waals surface area contributed by atoms with Crippen LogP contribution in [0.2, 0.25) is 0 Å². The van der Waals surface area contributed by atoms with Crippen molar-refractivity contribution in [3.63, 3.8) is 0 Å². The lowest BCUT2D eigenvalue weighted by molar-refractivity contribution is -0.384. The first-order chi connectivity index (χ1) is 13.9. The van der Waals surface area contributed by atoms with Crippen molar-refractivity contribution >= 4 is 23.0 Å². The molecule has 0 aromatic heterocycles. The number of aryl methyl sites for hydroxylation is 1. The molecule has 0 atom stereocenters. The van der Waals surface area contributed by atoms with E-state index in [1.807, 2.05) is 6.92 Å². The highest BCUT2D eigenvalue weighted by Gasteiger charge is 2.22. The monoisotopic (exact) mass is 399 g/mol. The average molecular weight is 399 g/mol. The number of ether oxygens (including phenoxy) is 2. The zero-order chi connectivity index (χ0) is 21.0. The number of rotatable bonds is 6. The number of carbonyl (C=O) groups is 1. The number of benzene rings is 2. The van der Waals surface area contributed by atoms with Crippen molar-refractivity contribution in [2.75, 3.05) is 37.5 Å². The number of methoxy groups -OCH3 is 2. The lowest BCUT2D eigenvalue weighted by atomic mass is 10.1. The van der Waals surface area contributed by atoms with Gasteiger partial charge in [0.1, 0.15) is 0 Å². The van der Waals surface area contributed by atoms with Gasteiger partial charge in [0.15, 0.2) is 11.5 Å². The number of nitrogens with one attached hydrogen (secondary N) is 1. The molecule has 3 rings (SSSR count). The highest BCUT2D eigenvalue weighted by atomic mass is 16.6. The molecule has 1 fully saturated rings. The van der Waals surface area contributed by atoms with Gasteiger partial charge in [-0.25, -0.2) is 0 Å². The van der Waals surface area contributed by atoms with Crippen LogP contribution >= 0.6 is 0 Å². The van der Waals surface area contributed by atoms with E-state index in [2.05, 4.69) is 10.2 Å². The molecular formula is C21H25N3O5. The summed E-state index contributed by atoms with van der Waals surface area (Å²) >= 11 is 0. The molecule has 8 nitrogen and oxygen atoms in total. The first-order valence-electron chi connectivity index (χ1n) is 9.52. The van der Waals surface area contributed by atoms with Crippen molar-refractivity contribution in [1.29, 1.82) is 0 Å². The van der Waals surface area contributed by atoms with Crippen molar-refractivity contribution in [2.24, 2.45) is 0 Å². The molecule has 1 aliphatic heterocycles. The number of hydrogen-bond acceptors (Lipinski definition) is 6. The maximum atomic E-state index is 13.1. The van der Waals surface area contributed by atoms with Crippen LogP contribution < -0.4 is 19.7 Å². The van der Waals surface area contributed by atoms with E-state index in [0.717, 1.165) is 37.9 Å². The molecule has 0 saturated carbocycles. The molecule has 0 unspecified atom stereocenters. The van der Waals surface area contributed by atoms with E-state index < -0.39 is 10.8 Å². The Hall–Kier alpha value is -3.29. The third kappa shape index (κ3) is 4.42. The van der Waals surface area contributed by atoms with Crippen molar-refractivity contribution in [3.8, 4) is 11.5 Å². The molecular weight excluding hydrogens is 374 g/mol. The molecule has 1 aliphatic rings. The van der Waals surface area contributed by atoms with Crippen LogP contribution in [0.3, 0.4) is 0 Å². The summed E-state index contributed by atoms with van der Waals surface area (Å²) in [4.78, 5) is 26.0. The predicted molar refractivity (Wildman–Crippen MR) is 111 cm³/mol. The first-order valence-corrected chi connectivity index (χ1v) is 9.52. The molecule has 29 heavy (non-hydrogen) atoms. The average Bonchev–Trinajstić information content (AvgIpc) is 2.74. The second-order valence-electron chi connectivity index (χ2n) is 6.98. The van der Waals surface area contributed by atoms with E-state index in [0.29, 0.717) is 22.9 Å². The van der Waals surface area contributed by atoms with Crippen LogP contribution in [0.4, 0.5) is 17.1 Å². The standard InChI is InChI=1S/C21H25N3O5/c1-14-11-19(28-2)20(29-3)13-17(14)22-21(25)16-12-15(24(26)27)7-8-18(16)23-9-5-4-6-10-23/h7-8,11-13H,4-6,9-10H2,1-3H3,(H,22,25). The van der Waals surface area contributed by atoms with Gasteiger partial charge in [-0.1, -0.05) is 0 Å². The number of nitro groups is 1. The predicted octanol–water partition coefficient (Wildman–Crippen LogP) is 4.16. The van der Waals surface area contributed by atoms with Crippen molar-refractivity contribution in [2.45, 2.75) is 26.2 Å². The quantitative estimate of drug-likeness (QED) is 0.579. The fourth-order valence-corrected chi connectivity index (χ4v) is 3.53. The summed E-state index contributed by atoms with van der Waals surface area (Å²) in [5.41, 5.74) is 2.24. The maximum Gasteiger partial charge on any atom is 0.270 e. The molecule has 1 saturated heterocycles. The van der Waals surface area contributed by atoms with Gasteiger partial charge in [-0.15, -0.1) is 0 Å². The summed E-state index contributed by atoms with van der Waals surface area (Å²) in [7, 11) is 3.07. The summed E-state index contributed by atoms with van der Waals surface area (Å²) in [6, 6.07) is 7.91. The van der Waals surface area contributed by atoms with Crippen LogP contribution in [0.25, 0.3) is 0 Å². The van der Waals surface area contributed by atoms with Gasteiger partial charge in [0.25, 0.3) is 11.6 Å². The molecule has 1 heterocycles. The van der Waals surface area contributed by atoms with E-state index in [1.165, 1.54) is 19.2 Å².